The largest absolute Gasteiger partial charge is 0.445 e. The van der Waals surface area contributed by atoms with Gasteiger partial charge in [-0.1, -0.05) is 85.8 Å². The number of ether oxygens (including phenoxy) is 1. The molecular weight excluding hydrogens is 388 g/mol. The van der Waals surface area contributed by atoms with Crippen molar-refractivity contribution in [2.75, 3.05) is 5.32 Å². The maximum atomic E-state index is 12.7. The zero-order chi connectivity index (χ0) is 20.6. The minimum Gasteiger partial charge on any atom is -0.445 e. The van der Waals surface area contributed by atoms with Crippen LogP contribution in [0.3, 0.4) is 0 Å². The maximum Gasteiger partial charge on any atom is 0.408 e. The monoisotopic (exact) mass is 410 g/mol. The van der Waals surface area contributed by atoms with E-state index < -0.39 is 12.1 Å². The molecule has 0 spiro atoms. The van der Waals surface area contributed by atoms with E-state index in [4.69, 9.17) is 4.74 Å². The van der Waals surface area contributed by atoms with Gasteiger partial charge in [0.2, 0.25) is 11.0 Å². The topological polar surface area (TPSA) is 93.2 Å². The lowest BCUT2D eigenvalue weighted by Crippen LogP contribution is -2.47. The van der Waals surface area contributed by atoms with E-state index in [9.17, 15) is 9.59 Å². The molecule has 150 valence electrons. The summed E-state index contributed by atoms with van der Waals surface area (Å²) in [5.74, 6) is -0.506. The molecule has 1 atom stereocenters. The molecule has 0 fully saturated rings. The van der Waals surface area contributed by atoms with Gasteiger partial charge in [-0.3, -0.25) is 10.1 Å². The highest BCUT2D eigenvalue weighted by atomic mass is 32.1. The van der Waals surface area contributed by atoms with Crippen LogP contribution in [0, 0.1) is 5.92 Å². The summed E-state index contributed by atoms with van der Waals surface area (Å²) in [5, 5.41) is 14.6. The molecule has 2 aromatic carbocycles. The molecular formula is C21H22N4O3S. The number of rotatable bonds is 7. The van der Waals surface area contributed by atoms with Crippen molar-refractivity contribution in [3.8, 4) is 10.6 Å². The molecule has 0 unspecified atom stereocenters. The Labute approximate surface area is 173 Å². The van der Waals surface area contributed by atoms with Gasteiger partial charge in [0.25, 0.3) is 0 Å². The number of aromatic nitrogens is 2. The fraction of sp³-hybridized carbons (Fsp3) is 0.238. The van der Waals surface area contributed by atoms with Crippen molar-refractivity contribution in [2.24, 2.45) is 5.92 Å². The summed E-state index contributed by atoms with van der Waals surface area (Å²) in [5.41, 5.74) is 1.80. The number of nitrogens with one attached hydrogen (secondary N) is 2. The molecule has 1 heterocycles. The highest BCUT2D eigenvalue weighted by molar-refractivity contribution is 7.18. The first-order chi connectivity index (χ1) is 14.0. The Balaban J connectivity index is 1.58. The van der Waals surface area contributed by atoms with Gasteiger partial charge in [0.15, 0.2) is 0 Å². The molecule has 29 heavy (non-hydrogen) atoms. The quantitative estimate of drug-likeness (QED) is 0.612. The van der Waals surface area contributed by atoms with Crippen molar-refractivity contribution in [1.29, 1.82) is 0 Å². The molecule has 0 aliphatic rings. The summed E-state index contributed by atoms with van der Waals surface area (Å²) >= 11 is 1.27. The van der Waals surface area contributed by atoms with E-state index in [1.165, 1.54) is 11.3 Å². The average Bonchev–Trinajstić information content (AvgIpc) is 3.20. The third kappa shape index (κ3) is 5.86. The van der Waals surface area contributed by atoms with Gasteiger partial charge in [0, 0.05) is 5.56 Å². The van der Waals surface area contributed by atoms with Gasteiger partial charge in [-0.15, -0.1) is 10.2 Å². The van der Waals surface area contributed by atoms with E-state index in [1.54, 1.807) is 0 Å². The van der Waals surface area contributed by atoms with Crippen LogP contribution in [-0.4, -0.2) is 28.2 Å². The Morgan fingerprint density at radius 3 is 2.31 bits per heavy atom. The summed E-state index contributed by atoms with van der Waals surface area (Å²) in [6, 6.07) is 18.2. The van der Waals surface area contributed by atoms with Gasteiger partial charge in [-0.05, 0) is 11.5 Å². The summed E-state index contributed by atoms with van der Waals surface area (Å²) in [6.45, 7) is 3.82. The second kappa shape index (κ2) is 9.79. The van der Waals surface area contributed by atoms with Crippen LogP contribution in [0.4, 0.5) is 9.93 Å². The van der Waals surface area contributed by atoms with Gasteiger partial charge < -0.3 is 10.1 Å². The Bertz CT molecular complexity index is 945. The molecule has 3 aromatic rings. The standard InChI is InChI=1S/C21H22N4O3S/c1-14(2)17(22-21(27)28-13-15-9-5-3-6-10-15)18(26)23-20-25-24-19(29-20)16-11-7-4-8-12-16/h3-12,14,17H,13H2,1-2H3,(H,22,27)(H,23,25,26)/t17-/m0/s1. The molecule has 0 aliphatic carbocycles. The zero-order valence-electron chi connectivity index (χ0n) is 16.2. The van der Waals surface area contributed by atoms with E-state index >= 15 is 0 Å². The van der Waals surface area contributed by atoms with Gasteiger partial charge >= 0.3 is 6.09 Å². The van der Waals surface area contributed by atoms with Crippen LogP contribution in [0.25, 0.3) is 10.6 Å². The number of carbonyl (C=O) groups is 2. The molecule has 0 saturated heterocycles. The lowest BCUT2D eigenvalue weighted by Gasteiger charge is -2.20. The third-order valence-corrected chi connectivity index (χ3v) is 5.00. The summed E-state index contributed by atoms with van der Waals surface area (Å²) in [6.07, 6.45) is -0.648. The normalized spacial score (nSPS) is 11.7. The maximum absolute atomic E-state index is 12.7. The highest BCUT2D eigenvalue weighted by Crippen LogP contribution is 2.26. The van der Waals surface area contributed by atoms with Crippen LogP contribution in [0.1, 0.15) is 19.4 Å². The molecule has 0 saturated carbocycles. The highest BCUT2D eigenvalue weighted by Gasteiger charge is 2.26. The number of alkyl carbamates (subject to hydrolysis) is 1. The molecule has 0 aliphatic heterocycles. The first kappa shape index (κ1) is 20.5. The SMILES string of the molecule is CC(C)[C@H](NC(=O)OCc1ccccc1)C(=O)Nc1nnc(-c2ccccc2)s1. The van der Waals surface area contributed by atoms with Crippen molar-refractivity contribution >= 4 is 28.5 Å². The Morgan fingerprint density at radius 1 is 1.00 bits per heavy atom. The van der Waals surface area contributed by atoms with E-state index in [1.807, 2.05) is 74.5 Å². The van der Waals surface area contributed by atoms with Crippen LogP contribution in [0.2, 0.25) is 0 Å². The lowest BCUT2D eigenvalue weighted by atomic mass is 10.0. The van der Waals surface area contributed by atoms with Crippen molar-refractivity contribution in [3.63, 3.8) is 0 Å². The van der Waals surface area contributed by atoms with Gasteiger partial charge in [-0.2, -0.15) is 0 Å². The zero-order valence-corrected chi connectivity index (χ0v) is 17.0. The number of nitrogens with zero attached hydrogens (tertiary/aromatic N) is 2. The molecule has 1 aromatic heterocycles. The number of amides is 2. The van der Waals surface area contributed by atoms with E-state index in [2.05, 4.69) is 20.8 Å². The summed E-state index contributed by atoms with van der Waals surface area (Å²) in [7, 11) is 0. The van der Waals surface area contributed by atoms with Crippen molar-refractivity contribution < 1.29 is 14.3 Å². The lowest BCUT2D eigenvalue weighted by molar-refractivity contribution is -0.119. The molecule has 8 heteroatoms. The van der Waals surface area contributed by atoms with Gasteiger partial charge in [0.05, 0.1) is 0 Å². The molecule has 2 amide bonds. The van der Waals surface area contributed by atoms with E-state index in [0.717, 1.165) is 11.1 Å². The second-order valence-electron chi connectivity index (χ2n) is 6.70. The number of anilines is 1. The van der Waals surface area contributed by atoms with Crippen LogP contribution < -0.4 is 10.6 Å². The predicted molar refractivity (Wildman–Crippen MR) is 112 cm³/mol. The predicted octanol–water partition coefficient (Wildman–Crippen LogP) is 4.09. The second-order valence-corrected chi connectivity index (χ2v) is 7.67. The number of hydrogen-bond acceptors (Lipinski definition) is 6. The van der Waals surface area contributed by atoms with Crippen LogP contribution in [0.15, 0.2) is 60.7 Å². The van der Waals surface area contributed by atoms with Gasteiger partial charge in [0.1, 0.15) is 17.7 Å². The van der Waals surface area contributed by atoms with E-state index in [-0.39, 0.29) is 18.4 Å². The third-order valence-electron chi connectivity index (χ3n) is 4.11. The fourth-order valence-electron chi connectivity index (χ4n) is 2.58. The fourth-order valence-corrected chi connectivity index (χ4v) is 3.33. The smallest absolute Gasteiger partial charge is 0.408 e. The number of hydrogen-bond donors (Lipinski definition) is 2. The number of benzene rings is 2. The molecule has 3 rings (SSSR count). The molecule has 0 bridgehead atoms. The molecule has 0 radical (unpaired) electrons. The van der Waals surface area contributed by atoms with E-state index in [0.29, 0.717) is 10.1 Å². The Hall–Kier alpha value is -3.26. The summed E-state index contributed by atoms with van der Waals surface area (Å²) in [4.78, 5) is 24.8. The number of carbonyl (C=O) groups excluding carboxylic acids is 2. The Morgan fingerprint density at radius 2 is 1.66 bits per heavy atom. The minimum atomic E-state index is -0.762. The average molecular weight is 410 g/mol. The van der Waals surface area contributed by atoms with Crippen molar-refractivity contribution in [3.05, 3.63) is 66.2 Å². The first-order valence-corrected chi connectivity index (χ1v) is 10.0. The van der Waals surface area contributed by atoms with Crippen LogP contribution in [0.5, 0.6) is 0 Å². The first-order valence-electron chi connectivity index (χ1n) is 9.20. The van der Waals surface area contributed by atoms with Crippen LogP contribution in [-0.2, 0) is 16.1 Å². The summed E-state index contributed by atoms with van der Waals surface area (Å²) < 4.78 is 5.22. The van der Waals surface area contributed by atoms with Gasteiger partial charge in [-0.25, -0.2) is 4.79 Å². The van der Waals surface area contributed by atoms with Crippen molar-refractivity contribution in [2.45, 2.75) is 26.5 Å². The van der Waals surface area contributed by atoms with Crippen molar-refractivity contribution in [1.82, 2.24) is 15.5 Å². The Kier molecular flexibility index (Phi) is 6.91. The van der Waals surface area contributed by atoms with Crippen LogP contribution >= 0.6 is 11.3 Å². The minimum absolute atomic E-state index is 0.135. The molecule has 7 nitrogen and oxygen atoms in total. The molecule has 2 N–H and O–H groups in total.